The summed E-state index contributed by atoms with van der Waals surface area (Å²) in [5, 5.41) is 2.84. The van der Waals surface area contributed by atoms with Gasteiger partial charge in [0, 0.05) is 17.4 Å². The monoisotopic (exact) mass is 397 g/mol. The van der Waals surface area contributed by atoms with Gasteiger partial charge in [-0.1, -0.05) is 30.2 Å². The van der Waals surface area contributed by atoms with E-state index < -0.39 is 0 Å². The second kappa shape index (κ2) is 8.93. The number of aromatic nitrogens is 1. The van der Waals surface area contributed by atoms with E-state index in [1.54, 1.807) is 30.5 Å². The Hall–Kier alpha value is -4.11. The number of carbonyl (C=O) groups is 2. The third-order valence-corrected chi connectivity index (χ3v) is 4.48. The highest BCUT2D eigenvalue weighted by molar-refractivity contribution is 6.03. The van der Waals surface area contributed by atoms with Gasteiger partial charge in [0.15, 0.2) is 0 Å². The van der Waals surface area contributed by atoms with Crippen LogP contribution in [0.1, 0.15) is 17.7 Å². The van der Waals surface area contributed by atoms with E-state index in [9.17, 15) is 9.59 Å². The van der Waals surface area contributed by atoms with Gasteiger partial charge in [0.1, 0.15) is 18.0 Å². The average Bonchev–Trinajstić information content (AvgIpc) is 2.92. The first-order valence-corrected chi connectivity index (χ1v) is 9.54. The molecule has 0 unspecified atom stereocenters. The molecule has 1 aliphatic heterocycles. The third-order valence-electron chi connectivity index (χ3n) is 4.48. The third kappa shape index (κ3) is 4.65. The van der Waals surface area contributed by atoms with E-state index in [0.717, 1.165) is 5.56 Å². The summed E-state index contributed by atoms with van der Waals surface area (Å²) in [6.45, 7) is 0.202. The molecule has 4 rings (SSSR count). The van der Waals surface area contributed by atoms with Crippen molar-refractivity contribution in [3.8, 4) is 17.6 Å². The highest BCUT2D eigenvalue weighted by Gasteiger charge is 2.25. The van der Waals surface area contributed by atoms with Crippen molar-refractivity contribution < 1.29 is 14.3 Å². The maximum Gasteiger partial charge on any atom is 0.244 e. The number of anilines is 2. The Morgan fingerprint density at radius 2 is 1.93 bits per heavy atom. The van der Waals surface area contributed by atoms with Gasteiger partial charge < -0.3 is 10.1 Å². The Morgan fingerprint density at radius 1 is 1.07 bits per heavy atom. The van der Waals surface area contributed by atoms with Gasteiger partial charge in [0.25, 0.3) is 0 Å². The highest BCUT2D eigenvalue weighted by Crippen LogP contribution is 2.30. The van der Waals surface area contributed by atoms with Gasteiger partial charge in [-0.2, -0.15) is 0 Å². The van der Waals surface area contributed by atoms with Crippen LogP contribution in [0.25, 0.3) is 0 Å². The Morgan fingerprint density at radius 3 is 2.80 bits per heavy atom. The Labute approximate surface area is 174 Å². The molecule has 1 N–H and O–H groups in total. The van der Waals surface area contributed by atoms with Crippen LogP contribution >= 0.6 is 0 Å². The standard InChI is InChI=1S/C24H19N3O3/c28-23(17-27-21-9-1-2-10-22(21)30-15-13-24(27)29)26-20-8-5-6-18(16-20)11-12-19-7-3-4-14-25-19/h1-10,14,16H,13,15,17H2,(H,26,28). The van der Waals surface area contributed by atoms with Gasteiger partial charge in [-0.15, -0.1) is 0 Å². The van der Waals surface area contributed by atoms with E-state index in [1.807, 2.05) is 42.5 Å². The minimum absolute atomic E-state index is 0.0942. The van der Waals surface area contributed by atoms with Gasteiger partial charge >= 0.3 is 0 Å². The molecular weight excluding hydrogens is 378 g/mol. The summed E-state index contributed by atoms with van der Waals surface area (Å²) in [5.41, 5.74) is 2.64. The molecule has 2 aromatic carbocycles. The normalized spacial score (nSPS) is 12.7. The molecule has 30 heavy (non-hydrogen) atoms. The number of hydrogen-bond donors (Lipinski definition) is 1. The first-order chi connectivity index (χ1) is 14.7. The summed E-state index contributed by atoms with van der Waals surface area (Å²) in [7, 11) is 0. The van der Waals surface area contributed by atoms with Gasteiger partial charge in [-0.25, -0.2) is 4.98 Å². The molecule has 0 saturated heterocycles. The first kappa shape index (κ1) is 19.2. The van der Waals surface area contributed by atoms with Crippen molar-refractivity contribution in [1.29, 1.82) is 0 Å². The summed E-state index contributed by atoms with van der Waals surface area (Å²) >= 11 is 0. The van der Waals surface area contributed by atoms with Gasteiger partial charge in [0.2, 0.25) is 11.8 Å². The number of nitrogens with one attached hydrogen (secondary N) is 1. The molecule has 0 atom stereocenters. The Kier molecular flexibility index (Phi) is 5.72. The van der Waals surface area contributed by atoms with Crippen molar-refractivity contribution in [3.05, 3.63) is 84.2 Å². The van der Waals surface area contributed by atoms with E-state index in [4.69, 9.17) is 4.74 Å². The average molecular weight is 397 g/mol. The smallest absolute Gasteiger partial charge is 0.244 e. The molecule has 0 spiro atoms. The summed E-state index contributed by atoms with van der Waals surface area (Å²) in [6.07, 6.45) is 1.91. The van der Waals surface area contributed by atoms with Crippen LogP contribution in [0.5, 0.6) is 5.75 Å². The van der Waals surface area contributed by atoms with Crippen LogP contribution in [0, 0.1) is 11.8 Å². The van der Waals surface area contributed by atoms with Crippen LogP contribution in [0.15, 0.2) is 72.9 Å². The van der Waals surface area contributed by atoms with Gasteiger partial charge in [-0.05, 0) is 48.4 Å². The molecule has 0 saturated carbocycles. The van der Waals surface area contributed by atoms with Crippen molar-refractivity contribution in [3.63, 3.8) is 0 Å². The van der Waals surface area contributed by atoms with Crippen LogP contribution < -0.4 is 15.0 Å². The predicted molar refractivity (Wildman–Crippen MR) is 114 cm³/mol. The molecule has 6 heteroatoms. The molecule has 148 valence electrons. The summed E-state index contributed by atoms with van der Waals surface area (Å²) in [5.74, 6) is 6.19. The van der Waals surface area contributed by atoms with Crippen LogP contribution in [0.4, 0.5) is 11.4 Å². The van der Waals surface area contributed by atoms with E-state index >= 15 is 0 Å². The molecule has 6 nitrogen and oxygen atoms in total. The van der Waals surface area contributed by atoms with Crippen molar-refractivity contribution in [2.24, 2.45) is 0 Å². The second-order valence-corrected chi connectivity index (χ2v) is 6.64. The summed E-state index contributed by atoms with van der Waals surface area (Å²) in [6, 6.07) is 20.0. The Balaban J connectivity index is 1.47. The van der Waals surface area contributed by atoms with E-state index in [2.05, 4.69) is 22.1 Å². The lowest BCUT2D eigenvalue weighted by Crippen LogP contribution is -2.37. The molecule has 1 aliphatic rings. The first-order valence-electron chi connectivity index (χ1n) is 9.54. The fourth-order valence-electron chi connectivity index (χ4n) is 3.08. The Bertz CT molecular complexity index is 1130. The zero-order valence-electron chi connectivity index (χ0n) is 16.2. The predicted octanol–water partition coefficient (Wildman–Crippen LogP) is 3.24. The van der Waals surface area contributed by atoms with Crippen LogP contribution in [0.3, 0.4) is 0 Å². The topological polar surface area (TPSA) is 71.5 Å². The van der Waals surface area contributed by atoms with Crippen molar-refractivity contribution in [1.82, 2.24) is 4.98 Å². The number of benzene rings is 2. The lowest BCUT2D eigenvalue weighted by molar-refractivity contribution is -0.121. The zero-order valence-corrected chi connectivity index (χ0v) is 16.2. The maximum atomic E-state index is 12.6. The fraction of sp³-hybridized carbons (Fsp3) is 0.125. The lowest BCUT2D eigenvalue weighted by atomic mass is 10.2. The molecular formula is C24H19N3O3. The highest BCUT2D eigenvalue weighted by atomic mass is 16.5. The van der Waals surface area contributed by atoms with Crippen LogP contribution in [-0.2, 0) is 9.59 Å². The maximum absolute atomic E-state index is 12.6. The number of ether oxygens (including phenoxy) is 1. The van der Waals surface area contributed by atoms with Crippen LogP contribution in [0.2, 0.25) is 0 Å². The van der Waals surface area contributed by atoms with Crippen molar-refractivity contribution >= 4 is 23.2 Å². The molecule has 0 aliphatic carbocycles. The number of pyridine rings is 1. The molecule has 2 heterocycles. The quantitative estimate of drug-likeness (QED) is 0.689. The summed E-state index contributed by atoms with van der Waals surface area (Å²) in [4.78, 5) is 30.8. The number of hydrogen-bond acceptors (Lipinski definition) is 4. The second-order valence-electron chi connectivity index (χ2n) is 6.64. The van der Waals surface area contributed by atoms with Crippen molar-refractivity contribution in [2.75, 3.05) is 23.4 Å². The number of rotatable bonds is 3. The molecule has 0 fully saturated rings. The number of nitrogens with zero attached hydrogens (tertiary/aromatic N) is 2. The minimum Gasteiger partial charge on any atom is -0.491 e. The molecule has 0 radical (unpaired) electrons. The fourth-order valence-corrected chi connectivity index (χ4v) is 3.08. The largest absolute Gasteiger partial charge is 0.491 e. The van der Waals surface area contributed by atoms with E-state index in [1.165, 1.54) is 4.90 Å². The minimum atomic E-state index is -0.296. The molecule has 1 aromatic heterocycles. The van der Waals surface area contributed by atoms with Crippen molar-refractivity contribution in [2.45, 2.75) is 6.42 Å². The van der Waals surface area contributed by atoms with Crippen LogP contribution in [-0.4, -0.2) is 29.9 Å². The molecule has 3 aromatic rings. The number of fused-ring (bicyclic) bond motifs is 1. The number of amides is 2. The molecule has 0 bridgehead atoms. The summed E-state index contributed by atoms with van der Waals surface area (Å²) < 4.78 is 5.61. The number of para-hydroxylation sites is 2. The van der Waals surface area contributed by atoms with E-state index in [0.29, 0.717) is 29.4 Å². The zero-order chi connectivity index (χ0) is 20.8. The lowest BCUT2D eigenvalue weighted by Gasteiger charge is -2.21. The van der Waals surface area contributed by atoms with Gasteiger partial charge in [-0.3, -0.25) is 14.5 Å². The van der Waals surface area contributed by atoms with Gasteiger partial charge in [0.05, 0.1) is 18.7 Å². The number of carbonyl (C=O) groups excluding carboxylic acids is 2. The molecule has 2 amide bonds. The van der Waals surface area contributed by atoms with E-state index in [-0.39, 0.29) is 24.8 Å². The SMILES string of the molecule is O=C(CN1C(=O)CCOc2ccccc21)Nc1cccc(C#Cc2ccccn2)c1.